The molecule has 0 aromatic heterocycles. The quantitative estimate of drug-likeness (QED) is 0.833. The highest BCUT2D eigenvalue weighted by atomic mass is 19.3. The lowest BCUT2D eigenvalue weighted by molar-refractivity contribution is -0.0524. The minimum atomic E-state index is -2.88. The van der Waals surface area contributed by atoms with Gasteiger partial charge in [0.25, 0.3) is 0 Å². The van der Waals surface area contributed by atoms with Crippen LogP contribution in [0.15, 0.2) is 18.2 Å². The molecule has 0 unspecified atom stereocenters. The second-order valence-corrected chi connectivity index (χ2v) is 6.11. The number of likely N-dealkylation sites (tertiary alicyclic amines) is 1. The summed E-state index contributed by atoms with van der Waals surface area (Å²) in [6.07, 6.45) is 2.78. The lowest BCUT2D eigenvalue weighted by atomic mass is 9.77. The molecule has 1 fully saturated rings. The van der Waals surface area contributed by atoms with Gasteiger partial charge >= 0.3 is 6.61 Å². The molecule has 0 amide bonds. The van der Waals surface area contributed by atoms with Crippen molar-refractivity contribution in [1.29, 1.82) is 0 Å². The number of benzene rings is 1. The van der Waals surface area contributed by atoms with Gasteiger partial charge in [-0.3, -0.25) is 4.90 Å². The number of aliphatic hydroxyl groups is 1. The van der Waals surface area contributed by atoms with Crippen molar-refractivity contribution in [3.8, 4) is 11.5 Å². The second kappa shape index (κ2) is 7.93. The SMILES string of the molecule is CCC1(CO)CCN(Cc2cccc(OC)c2OC(F)F)CC1. The van der Waals surface area contributed by atoms with Crippen LogP contribution in [0.1, 0.15) is 31.7 Å². The lowest BCUT2D eigenvalue weighted by Crippen LogP contribution is -2.41. The van der Waals surface area contributed by atoms with Crippen LogP contribution in [0.25, 0.3) is 0 Å². The fourth-order valence-corrected chi connectivity index (χ4v) is 3.12. The summed E-state index contributed by atoms with van der Waals surface area (Å²) in [5, 5.41) is 9.59. The molecule has 1 heterocycles. The molecule has 0 aliphatic carbocycles. The number of nitrogens with zero attached hydrogens (tertiary/aromatic N) is 1. The Morgan fingerprint density at radius 1 is 1.30 bits per heavy atom. The van der Waals surface area contributed by atoms with Gasteiger partial charge in [-0.25, -0.2) is 0 Å². The molecule has 23 heavy (non-hydrogen) atoms. The maximum absolute atomic E-state index is 12.7. The first-order chi connectivity index (χ1) is 11.0. The number of aliphatic hydroxyl groups excluding tert-OH is 1. The summed E-state index contributed by atoms with van der Waals surface area (Å²) in [7, 11) is 1.44. The van der Waals surface area contributed by atoms with E-state index >= 15 is 0 Å². The number of ether oxygens (including phenoxy) is 2. The van der Waals surface area contributed by atoms with Crippen LogP contribution in [0.5, 0.6) is 11.5 Å². The first-order valence-corrected chi connectivity index (χ1v) is 7.97. The van der Waals surface area contributed by atoms with Gasteiger partial charge in [0.15, 0.2) is 11.5 Å². The van der Waals surface area contributed by atoms with E-state index in [2.05, 4.69) is 16.6 Å². The standard InChI is InChI=1S/C17H25F2NO3/c1-3-17(12-21)7-9-20(10-8-17)11-13-5-4-6-14(22-2)15(13)23-16(18)19/h4-6,16,21H,3,7-12H2,1-2H3. The van der Waals surface area contributed by atoms with Crippen LogP contribution in [0.4, 0.5) is 8.78 Å². The number of halogens is 2. The van der Waals surface area contributed by atoms with Gasteiger partial charge < -0.3 is 14.6 Å². The fraction of sp³-hybridized carbons (Fsp3) is 0.647. The Bertz CT molecular complexity index is 497. The van der Waals surface area contributed by atoms with E-state index in [1.54, 1.807) is 18.2 Å². The van der Waals surface area contributed by atoms with Crippen molar-refractivity contribution in [2.45, 2.75) is 39.3 Å². The summed E-state index contributed by atoms with van der Waals surface area (Å²) in [5.41, 5.74) is 0.699. The molecular formula is C17H25F2NO3. The first-order valence-electron chi connectivity index (χ1n) is 7.97. The third kappa shape index (κ3) is 4.32. The monoisotopic (exact) mass is 329 g/mol. The number of alkyl halides is 2. The molecule has 130 valence electrons. The van der Waals surface area contributed by atoms with Gasteiger partial charge in [-0.2, -0.15) is 8.78 Å². The predicted molar refractivity (Wildman–Crippen MR) is 83.9 cm³/mol. The number of hydrogen-bond acceptors (Lipinski definition) is 4. The van der Waals surface area contributed by atoms with Crippen LogP contribution in [0.2, 0.25) is 0 Å². The highest BCUT2D eigenvalue weighted by Gasteiger charge is 2.32. The van der Waals surface area contributed by atoms with Gasteiger partial charge in [-0.15, -0.1) is 0 Å². The van der Waals surface area contributed by atoms with Crippen LogP contribution < -0.4 is 9.47 Å². The Morgan fingerprint density at radius 2 is 2.00 bits per heavy atom. The van der Waals surface area contributed by atoms with E-state index in [0.717, 1.165) is 32.4 Å². The van der Waals surface area contributed by atoms with Crippen molar-refractivity contribution in [3.63, 3.8) is 0 Å². The van der Waals surface area contributed by atoms with Crippen molar-refractivity contribution in [3.05, 3.63) is 23.8 Å². The van der Waals surface area contributed by atoms with E-state index < -0.39 is 6.61 Å². The Kier molecular flexibility index (Phi) is 6.18. The van der Waals surface area contributed by atoms with E-state index in [0.29, 0.717) is 17.9 Å². The minimum Gasteiger partial charge on any atom is -0.493 e. The van der Waals surface area contributed by atoms with E-state index in [1.165, 1.54) is 7.11 Å². The van der Waals surface area contributed by atoms with Crippen LogP contribution in [-0.4, -0.2) is 43.4 Å². The Morgan fingerprint density at radius 3 is 2.52 bits per heavy atom. The van der Waals surface area contributed by atoms with Crippen LogP contribution in [0.3, 0.4) is 0 Å². The molecule has 0 radical (unpaired) electrons. The molecule has 4 nitrogen and oxygen atoms in total. The molecule has 1 aliphatic heterocycles. The maximum Gasteiger partial charge on any atom is 0.387 e. The van der Waals surface area contributed by atoms with Crippen molar-refractivity contribution in [2.75, 3.05) is 26.8 Å². The molecule has 0 bridgehead atoms. The third-order valence-electron chi connectivity index (χ3n) is 4.88. The largest absolute Gasteiger partial charge is 0.493 e. The molecule has 0 saturated carbocycles. The van der Waals surface area contributed by atoms with E-state index in [4.69, 9.17) is 4.74 Å². The summed E-state index contributed by atoms with van der Waals surface area (Å²) in [6.45, 7) is 1.62. The van der Waals surface area contributed by atoms with Gasteiger partial charge in [0.05, 0.1) is 7.11 Å². The first kappa shape index (κ1) is 17.9. The third-order valence-corrected chi connectivity index (χ3v) is 4.88. The maximum atomic E-state index is 12.7. The summed E-state index contributed by atoms with van der Waals surface area (Å²) in [5.74, 6) is 0.428. The molecular weight excluding hydrogens is 304 g/mol. The van der Waals surface area contributed by atoms with Crippen molar-refractivity contribution < 1.29 is 23.4 Å². The van der Waals surface area contributed by atoms with Gasteiger partial charge in [-0.05, 0) is 43.8 Å². The minimum absolute atomic E-state index is 0.00712. The van der Waals surface area contributed by atoms with Gasteiger partial charge in [-0.1, -0.05) is 19.1 Å². The Balaban J connectivity index is 2.09. The number of para-hydroxylation sites is 1. The molecule has 1 aliphatic rings. The van der Waals surface area contributed by atoms with Gasteiger partial charge in [0.1, 0.15) is 0 Å². The van der Waals surface area contributed by atoms with Crippen molar-refractivity contribution in [1.82, 2.24) is 4.90 Å². The summed E-state index contributed by atoms with van der Waals surface area (Å²) in [6, 6.07) is 5.18. The van der Waals surface area contributed by atoms with Crippen LogP contribution >= 0.6 is 0 Å². The Hall–Kier alpha value is -1.40. The van der Waals surface area contributed by atoms with Crippen LogP contribution in [0, 0.1) is 5.41 Å². The zero-order valence-corrected chi connectivity index (χ0v) is 13.7. The lowest BCUT2D eigenvalue weighted by Gasteiger charge is -2.40. The van der Waals surface area contributed by atoms with Crippen molar-refractivity contribution >= 4 is 0 Å². The summed E-state index contributed by atoms with van der Waals surface area (Å²) in [4.78, 5) is 2.21. The molecule has 2 rings (SSSR count). The average Bonchev–Trinajstić information content (AvgIpc) is 2.57. The molecule has 1 aromatic carbocycles. The zero-order valence-electron chi connectivity index (χ0n) is 13.7. The normalized spacial score (nSPS) is 18.2. The van der Waals surface area contributed by atoms with Crippen LogP contribution in [-0.2, 0) is 6.54 Å². The molecule has 1 N–H and O–H groups in total. The molecule has 0 spiro atoms. The molecule has 1 saturated heterocycles. The fourth-order valence-electron chi connectivity index (χ4n) is 3.12. The van der Waals surface area contributed by atoms with E-state index in [-0.39, 0.29) is 17.8 Å². The average molecular weight is 329 g/mol. The Labute approximate surface area is 136 Å². The number of methoxy groups -OCH3 is 1. The summed E-state index contributed by atoms with van der Waals surface area (Å²) >= 11 is 0. The van der Waals surface area contributed by atoms with Gasteiger partial charge in [0.2, 0.25) is 0 Å². The number of piperidine rings is 1. The number of rotatable bonds is 7. The van der Waals surface area contributed by atoms with E-state index in [1.807, 2.05) is 0 Å². The highest BCUT2D eigenvalue weighted by Crippen LogP contribution is 2.37. The number of hydrogen-bond donors (Lipinski definition) is 1. The topological polar surface area (TPSA) is 41.9 Å². The molecule has 6 heteroatoms. The summed E-state index contributed by atoms with van der Waals surface area (Å²) < 4.78 is 35.1. The van der Waals surface area contributed by atoms with E-state index in [9.17, 15) is 13.9 Å². The zero-order chi connectivity index (χ0) is 16.9. The van der Waals surface area contributed by atoms with Crippen molar-refractivity contribution in [2.24, 2.45) is 5.41 Å². The molecule has 1 aromatic rings. The smallest absolute Gasteiger partial charge is 0.387 e. The predicted octanol–water partition coefficient (Wildman–Crippen LogP) is 3.28. The van der Waals surface area contributed by atoms with Gasteiger partial charge in [0, 0.05) is 18.7 Å². The molecule has 0 atom stereocenters. The second-order valence-electron chi connectivity index (χ2n) is 6.11. The highest BCUT2D eigenvalue weighted by molar-refractivity contribution is 5.46.